The SMILES string of the molecule is C(=CC(=Nc1ccccc1)Sc1ccc2ccccc2c1)Sc1ccccc1. The number of hydrogen-bond acceptors (Lipinski definition) is 3. The standard InChI is InChI=1S/C25H19NS2/c1-3-11-22(12-4-1)26-25(17-18-27-23-13-5-2-6-14-23)28-24-16-15-20-9-7-8-10-21(20)19-24/h1-19H. The fourth-order valence-electron chi connectivity index (χ4n) is 2.75. The van der Waals surface area contributed by atoms with Gasteiger partial charge in [0, 0.05) is 9.79 Å². The molecule has 28 heavy (non-hydrogen) atoms. The van der Waals surface area contributed by atoms with Gasteiger partial charge in [0.1, 0.15) is 5.04 Å². The van der Waals surface area contributed by atoms with Crippen LogP contribution in [0.5, 0.6) is 0 Å². The third-order valence-electron chi connectivity index (χ3n) is 4.10. The summed E-state index contributed by atoms with van der Waals surface area (Å²) in [5, 5.41) is 5.56. The van der Waals surface area contributed by atoms with Crippen molar-refractivity contribution in [1.29, 1.82) is 0 Å². The van der Waals surface area contributed by atoms with Gasteiger partial charge in [-0.2, -0.15) is 0 Å². The molecule has 4 rings (SSSR count). The Balaban J connectivity index is 1.59. The molecule has 0 saturated heterocycles. The van der Waals surface area contributed by atoms with E-state index in [1.165, 1.54) is 20.6 Å². The lowest BCUT2D eigenvalue weighted by atomic mass is 10.1. The Morgan fingerprint density at radius 2 is 1.32 bits per heavy atom. The van der Waals surface area contributed by atoms with Crippen molar-refractivity contribution in [2.45, 2.75) is 9.79 Å². The Labute approximate surface area is 174 Å². The lowest BCUT2D eigenvalue weighted by Crippen LogP contribution is -1.86. The predicted octanol–water partition coefficient (Wildman–Crippen LogP) is 7.97. The van der Waals surface area contributed by atoms with Gasteiger partial charge in [0.2, 0.25) is 0 Å². The molecular weight excluding hydrogens is 378 g/mol. The number of rotatable bonds is 5. The Morgan fingerprint density at radius 1 is 0.643 bits per heavy atom. The quantitative estimate of drug-likeness (QED) is 0.192. The Bertz CT molecular complexity index is 1100. The number of hydrogen-bond donors (Lipinski definition) is 0. The van der Waals surface area contributed by atoms with Gasteiger partial charge in [0.15, 0.2) is 0 Å². The maximum absolute atomic E-state index is 4.84. The summed E-state index contributed by atoms with van der Waals surface area (Å²) in [4.78, 5) is 7.24. The predicted molar refractivity (Wildman–Crippen MR) is 125 cm³/mol. The van der Waals surface area contributed by atoms with Crippen LogP contribution >= 0.6 is 23.5 Å². The Hall–Kier alpha value is -2.75. The van der Waals surface area contributed by atoms with Crippen LogP contribution in [0.4, 0.5) is 5.69 Å². The lowest BCUT2D eigenvalue weighted by molar-refractivity contribution is 1.47. The molecule has 0 fully saturated rings. The van der Waals surface area contributed by atoms with Gasteiger partial charge in [-0.05, 0) is 58.7 Å². The molecule has 0 aliphatic heterocycles. The average Bonchev–Trinajstić information content (AvgIpc) is 2.75. The highest BCUT2D eigenvalue weighted by Crippen LogP contribution is 2.28. The number of thioether (sulfide) groups is 2. The van der Waals surface area contributed by atoms with Crippen LogP contribution in [-0.4, -0.2) is 5.04 Å². The minimum absolute atomic E-state index is 0.958. The second-order valence-electron chi connectivity index (χ2n) is 6.13. The third kappa shape index (κ3) is 5.16. The minimum atomic E-state index is 0.958. The van der Waals surface area contributed by atoms with E-state index in [1.807, 2.05) is 36.4 Å². The van der Waals surface area contributed by atoms with E-state index in [0.717, 1.165) is 10.7 Å². The van der Waals surface area contributed by atoms with Crippen LogP contribution in [0.2, 0.25) is 0 Å². The summed E-state index contributed by atoms with van der Waals surface area (Å²) in [5.74, 6) is 0. The molecule has 0 radical (unpaired) electrons. The Morgan fingerprint density at radius 3 is 2.11 bits per heavy atom. The lowest BCUT2D eigenvalue weighted by Gasteiger charge is -2.05. The second kappa shape index (κ2) is 9.45. The van der Waals surface area contributed by atoms with Crippen LogP contribution in [0.1, 0.15) is 0 Å². The van der Waals surface area contributed by atoms with Gasteiger partial charge in [0.25, 0.3) is 0 Å². The van der Waals surface area contributed by atoms with E-state index >= 15 is 0 Å². The summed E-state index contributed by atoms with van der Waals surface area (Å²) in [6.07, 6.45) is 2.09. The van der Waals surface area contributed by atoms with E-state index in [4.69, 9.17) is 4.99 Å². The number of aliphatic imine (C=N–C) groups is 1. The third-order valence-corrected chi connectivity index (χ3v) is 5.84. The minimum Gasteiger partial charge on any atom is -0.242 e. The first-order valence-corrected chi connectivity index (χ1v) is 10.8. The van der Waals surface area contributed by atoms with Crippen LogP contribution < -0.4 is 0 Å². The molecular formula is C25H19NS2. The topological polar surface area (TPSA) is 12.4 Å². The zero-order valence-corrected chi connectivity index (χ0v) is 16.9. The summed E-state index contributed by atoms with van der Waals surface area (Å²) in [6, 6.07) is 35.4. The van der Waals surface area contributed by atoms with Crippen molar-refractivity contribution in [1.82, 2.24) is 0 Å². The molecule has 0 spiro atoms. The fourth-order valence-corrected chi connectivity index (χ4v) is 4.35. The number of para-hydroxylation sites is 1. The number of fused-ring (bicyclic) bond motifs is 1. The molecule has 3 heteroatoms. The molecule has 0 aromatic heterocycles. The van der Waals surface area contributed by atoms with E-state index in [-0.39, 0.29) is 0 Å². The number of benzene rings is 4. The summed E-state index contributed by atoms with van der Waals surface area (Å²) < 4.78 is 0. The molecule has 136 valence electrons. The molecule has 1 nitrogen and oxygen atoms in total. The van der Waals surface area contributed by atoms with Crippen LogP contribution in [0, 0.1) is 0 Å². The van der Waals surface area contributed by atoms with Crippen molar-refractivity contribution in [3.8, 4) is 0 Å². The van der Waals surface area contributed by atoms with Crippen LogP contribution in [0.3, 0.4) is 0 Å². The van der Waals surface area contributed by atoms with Gasteiger partial charge in [-0.15, -0.1) is 0 Å². The summed E-state index contributed by atoms with van der Waals surface area (Å²) in [6.45, 7) is 0. The highest BCUT2D eigenvalue weighted by atomic mass is 32.2. The molecule has 0 saturated carbocycles. The highest BCUT2D eigenvalue weighted by Gasteiger charge is 2.02. The van der Waals surface area contributed by atoms with Crippen molar-refractivity contribution >= 4 is 45.0 Å². The van der Waals surface area contributed by atoms with Gasteiger partial charge < -0.3 is 0 Å². The highest BCUT2D eigenvalue weighted by molar-refractivity contribution is 8.14. The van der Waals surface area contributed by atoms with Gasteiger partial charge >= 0.3 is 0 Å². The smallest absolute Gasteiger partial charge is 0.102 e. The summed E-state index contributed by atoms with van der Waals surface area (Å²) in [7, 11) is 0. The zero-order valence-electron chi connectivity index (χ0n) is 15.2. The first kappa shape index (κ1) is 18.6. The van der Waals surface area contributed by atoms with Crippen LogP contribution in [0.15, 0.2) is 129 Å². The molecule has 0 heterocycles. The molecule has 0 aliphatic rings. The fraction of sp³-hybridized carbons (Fsp3) is 0. The molecule has 0 atom stereocenters. The van der Waals surface area contributed by atoms with Crippen molar-refractivity contribution < 1.29 is 0 Å². The van der Waals surface area contributed by atoms with Gasteiger partial charge in [-0.3, -0.25) is 0 Å². The first-order valence-electron chi connectivity index (χ1n) is 9.05. The van der Waals surface area contributed by atoms with Crippen molar-refractivity contribution in [2.75, 3.05) is 0 Å². The number of nitrogens with zero attached hydrogens (tertiary/aromatic N) is 1. The van der Waals surface area contributed by atoms with E-state index in [9.17, 15) is 0 Å². The van der Waals surface area contributed by atoms with E-state index in [1.54, 1.807) is 23.5 Å². The monoisotopic (exact) mass is 397 g/mol. The molecule has 0 bridgehead atoms. The van der Waals surface area contributed by atoms with Gasteiger partial charge in [0.05, 0.1) is 5.69 Å². The molecule has 4 aromatic rings. The first-order chi connectivity index (χ1) is 13.9. The van der Waals surface area contributed by atoms with Crippen molar-refractivity contribution in [3.05, 3.63) is 115 Å². The zero-order chi connectivity index (χ0) is 19.0. The van der Waals surface area contributed by atoms with E-state index < -0.39 is 0 Å². The normalized spacial score (nSPS) is 11.9. The Kier molecular flexibility index (Phi) is 6.28. The average molecular weight is 398 g/mol. The molecule has 0 unspecified atom stereocenters. The van der Waals surface area contributed by atoms with Crippen molar-refractivity contribution in [3.63, 3.8) is 0 Å². The summed E-state index contributed by atoms with van der Waals surface area (Å²) >= 11 is 3.38. The largest absolute Gasteiger partial charge is 0.242 e. The molecule has 0 N–H and O–H groups in total. The van der Waals surface area contributed by atoms with E-state index in [0.29, 0.717) is 0 Å². The maximum Gasteiger partial charge on any atom is 0.102 e. The maximum atomic E-state index is 4.84. The van der Waals surface area contributed by atoms with Crippen LogP contribution in [-0.2, 0) is 0 Å². The van der Waals surface area contributed by atoms with Gasteiger partial charge in [-0.1, -0.05) is 90.3 Å². The van der Waals surface area contributed by atoms with E-state index in [2.05, 4.69) is 78.2 Å². The molecule has 0 amide bonds. The van der Waals surface area contributed by atoms with Gasteiger partial charge in [-0.25, -0.2) is 4.99 Å². The molecule has 4 aromatic carbocycles. The van der Waals surface area contributed by atoms with Crippen LogP contribution in [0.25, 0.3) is 10.8 Å². The second-order valence-corrected chi connectivity index (χ2v) is 8.20. The molecule has 0 aliphatic carbocycles. The van der Waals surface area contributed by atoms with Crippen molar-refractivity contribution in [2.24, 2.45) is 4.99 Å². The summed E-state index contributed by atoms with van der Waals surface area (Å²) in [5.41, 5.74) is 0.958.